The van der Waals surface area contributed by atoms with Crippen LogP contribution in [0.25, 0.3) is 5.57 Å². The first-order valence-electron chi connectivity index (χ1n) is 4.71. The molecule has 0 unspecified atom stereocenters. The van der Waals surface area contributed by atoms with E-state index in [0.29, 0.717) is 11.9 Å². The van der Waals surface area contributed by atoms with Crippen LogP contribution in [-0.4, -0.2) is 21.4 Å². The highest BCUT2D eigenvalue weighted by molar-refractivity contribution is 5.86. The highest BCUT2D eigenvalue weighted by Crippen LogP contribution is 2.21. The van der Waals surface area contributed by atoms with Crippen molar-refractivity contribution in [3.8, 4) is 5.88 Å². The molecule has 0 radical (unpaired) electrons. The fraction of sp³-hybridized carbons (Fsp3) is 0.300. The number of nitrogens with one attached hydrogen (secondary N) is 1. The second kappa shape index (κ2) is 4.61. The molecular formula is C10H13N3O3. The Morgan fingerprint density at radius 3 is 2.69 bits per heavy atom. The Morgan fingerprint density at radius 1 is 1.62 bits per heavy atom. The minimum atomic E-state index is -0.501. The molecule has 0 atom stereocenters. The largest absolute Gasteiger partial charge is 0.493 e. The van der Waals surface area contributed by atoms with Crippen molar-refractivity contribution in [2.45, 2.75) is 13.8 Å². The molecule has 6 nitrogen and oxygen atoms in total. The van der Waals surface area contributed by atoms with Crippen LogP contribution >= 0.6 is 0 Å². The number of hydrogen-bond acceptors (Lipinski definition) is 5. The van der Waals surface area contributed by atoms with Crippen molar-refractivity contribution in [2.75, 3.05) is 0 Å². The van der Waals surface area contributed by atoms with E-state index in [-0.39, 0.29) is 17.4 Å². The van der Waals surface area contributed by atoms with E-state index in [1.54, 1.807) is 13.8 Å². The van der Waals surface area contributed by atoms with E-state index in [0.717, 1.165) is 6.07 Å². The van der Waals surface area contributed by atoms with E-state index in [1.807, 2.05) is 0 Å². The molecule has 86 valence electrons. The molecule has 0 amide bonds. The summed E-state index contributed by atoms with van der Waals surface area (Å²) in [6, 6.07) is 0.943. The number of aromatic hydroxyl groups is 1. The normalized spacial score (nSPS) is 12.4. The molecule has 1 aromatic heterocycles. The lowest BCUT2D eigenvalue weighted by molar-refractivity contribution is -0.104. The van der Waals surface area contributed by atoms with Gasteiger partial charge >= 0.3 is 0 Å². The van der Waals surface area contributed by atoms with E-state index >= 15 is 0 Å². The summed E-state index contributed by atoms with van der Waals surface area (Å²) in [6.07, 6.45) is 0.485. The third kappa shape index (κ3) is 2.47. The average Bonchev–Trinajstić information content (AvgIpc) is 2.15. The topological polar surface area (TPSA) is 109 Å². The van der Waals surface area contributed by atoms with Gasteiger partial charge in [0.2, 0.25) is 5.88 Å². The molecule has 4 N–H and O–H groups in total. The predicted octanol–water partition coefficient (Wildman–Crippen LogP) is 0.000200. The summed E-state index contributed by atoms with van der Waals surface area (Å²) in [4.78, 5) is 27.9. The number of aromatic nitrogens is 2. The van der Waals surface area contributed by atoms with Crippen molar-refractivity contribution in [3.05, 3.63) is 27.9 Å². The molecule has 1 aromatic rings. The van der Waals surface area contributed by atoms with Gasteiger partial charge in [-0.2, -0.15) is 4.98 Å². The van der Waals surface area contributed by atoms with Crippen LogP contribution in [0.2, 0.25) is 0 Å². The molecule has 0 fully saturated rings. The van der Waals surface area contributed by atoms with Crippen molar-refractivity contribution >= 4 is 11.9 Å². The van der Waals surface area contributed by atoms with Crippen LogP contribution in [0.3, 0.4) is 0 Å². The zero-order valence-electron chi connectivity index (χ0n) is 9.02. The summed E-state index contributed by atoms with van der Waals surface area (Å²) in [5, 5.41) is 9.20. The third-order valence-electron chi connectivity index (χ3n) is 2.00. The molecule has 0 saturated carbocycles. The highest BCUT2D eigenvalue weighted by Gasteiger charge is 2.14. The average molecular weight is 223 g/mol. The van der Waals surface area contributed by atoms with Crippen LogP contribution in [0.4, 0.5) is 0 Å². The minimum Gasteiger partial charge on any atom is -0.493 e. The lowest BCUT2D eigenvalue weighted by Crippen LogP contribution is -2.15. The summed E-state index contributed by atoms with van der Waals surface area (Å²) in [5.41, 5.74) is 5.41. The van der Waals surface area contributed by atoms with Crippen molar-refractivity contribution in [3.63, 3.8) is 0 Å². The van der Waals surface area contributed by atoms with Gasteiger partial charge in [-0.05, 0) is 5.92 Å². The monoisotopic (exact) mass is 223 g/mol. The van der Waals surface area contributed by atoms with Crippen LogP contribution in [0.1, 0.15) is 19.7 Å². The SMILES string of the molecule is CC(C)/C(=C(/N)C=O)c1nc(O)cc(=O)[nH]1. The van der Waals surface area contributed by atoms with E-state index in [1.165, 1.54) is 0 Å². The number of H-pyrrole nitrogens is 1. The van der Waals surface area contributed by atoms with Gasteiger partial charge in [-0.3, -0.25) is 9.59 Å². The molecule has 1 heterocycles. The number of carbonyl (C=O) groups is 1. The van der Waals surface area contributed by atoms with Gasteiger partial charge in [-0.1, -0.05) is 13.8 Å². The third-order valence-corrected chi connectivity index (χ3v) is 2.00. The van der Waals surface area contributed by atoms with E-state index < -0.39 is 11.4 Å². The number of allylic oxidation sites excluding steroid dienone is 2. The van der Waals surface area contributed by atoms with Gasteiger partial charge in [-0.15, -0.1) is 0 Å². The number of aldehydes is 1. The summed E-state index contributed by atoms with van der Waals surface area (Å²) in [5.74, 6) is -0.393. The van der Waals surface area contributed by atoms with Gasteiger partial charge in [0.05, 0.1) is 11.8 Å². The first-order chi connectivity index (χ1) is 7.45. The Kier molecular flexibility index (Phi) is 3.44. The maximum absolute atomic E-state index is 11.1. The maximum Gasteiger partial charge on any atom is 0.254 e. The van der Waals surface area contributed by atoms with E-state index in [2.05, 4.69) is 9.97 Å². The second-order valence-corrected chi connectivity index (χ2v) is 3.59. The van der Waals surface area contributed by atoms with Gasteiger partial charge in [0.15, 0.2) is 6.29 Å². The van der Waals surface area contributed by atoms with Gasteiger partial charge in [0, 0.05) is 5.57 Å². The smallest absolute Gasteiger partial charge is 0.254 e. The van der Waals surface area contributed by atoms with Gasteiger partial charge in [0.25, 0.3) is 5.56 Å². The molecule has 0 aliphatic rings. The van der Waals surface area contributed by atoms with Crippen LogP contribution < -0.4 is 11.3 Å². The Hall–Kier alpha value is -2.11. The number of carbonyl (C=O) groups excluding carboxylic acids is 1. The number of rotatable bonds is 3. The Bertz CT molecular complexity index is 488. The summed E-state index contributed by atoms with van der Waals surface area (Å²) < 4.78 is 0. The Labute approximate surface area is 91.8 Å². The fourth-order valence-electron chi connectivity index (χ4n) is 1.38. The van der Waals surface area contributed by atoms with Crippen molar-refractivity contribution in [1.82, 2.24) is 9.97 Å². The zero-order valence-corrected chi connectivity index (χ0v) is 9.02. The van der Waals surface area contributed by atoms with E-state index in [9.17, 15) is 14.7 Å². The summed E-state index contributed by atoms with van der Waals surface area (Å²) >= 11 is 0. The van der Waals surface area contributed by atoms with Crippen molar-refractivity contribution in [2.24, 2.45) is 11.7 Å². The molecule has 0 saturated heterocycles. The van der Waals surface area contributed by atoms with Crippen molar-refractivity contribution in [1.29, 1.82) is 0 Å². The molecule has 16 heavy (non-hydrogen) atoms. The van der Waals surface area contributed by atoms with Crippen LogP contribution in [-0.2, 0) is 4.79 Å². The van der Waals surface area contributed by atoms with Crippen LogP contribution in [0.5, 0.6) is 5.88 Å². The Balaban J connectivity index is 3.44. The molecular weight excluding hydrogens is 210 g/mol. The van der Waals surface area contributed by atoms with Crippen LogP contribution in [0.15, 0.2) is 16.6 Å². The molecule has 0 aliphatic carbocycles. The number of nitrogens with zero attached hydrogens (tertiary/aromatic N) is 1. The number of aromatic amines is 1. The quantitative estimate of drug-likeness (QED) is 0.493. The Morgan fingerprint density at radius 2 is 2.25 bits per heavy atom. The second-order valence-electron chi connectivity index (χ2n) is 3.59. The van der Waals surface area contributed by atoms with Crippen molar-refractivity contribution < 1.29 is 9.90 Å². The molecule has 6 heteroatoms. The standard InChI is InChI=1S/C10H13N3O3/c1-5(2)9(6(11)4-14)10-12-7(15)3-8(16)13-10/h3-5H,11H2,1-2H3,(H2,12,13,15,16)/b9-6-. The first-order valence-corrected chi connectivity index (χ1v) is 4.71. The maximum atomic E-state index is 11.1. The summed E-state index contributed by atoms with van der Waals surface area (Å²) in [7, 11) is 0. The number of nitrogens with two attached hydrogens (primary N) is 1. The van der Waals surface area contributed by atoms with Gasteiger partial charge in [-0.25, -0.2) is 0 Å². The van der Waals surface area contributed by atoms with Gasteiger partial charge < -0.3 is 15.8 Å². The minimum absolute atomic E-state index is 0.0104. The predicted molar refractivity (Wildman–Crippen MR) is 58.5 cm³/mol. The zero-order chi connectivity index (χ0) is 12.3. The molecule has 0 bridgehead atoms. The lowest BCUT2D eigenvalue weighted by Gasteiger charge is -2.11. The molecule has 1 rings (SSSR count). The van der Waals surface area contributed by atoms with E-state index in [4.69, 9.17) is 5.73 Å². The number of hydrogen-bond donors (Lipinski definition) is 3. The molecule has 0 aromatic carbocycles. The van der Waals surface area contributed by atoms with Crippen LogP contribution in [0, 0.1) is 5.92 Å². The summed E-state index contributed by atoms with van der Waals surface area (Å²) in [6.45, 7) is 3.60. The fourth-order valence-corrected chi connectivity index (χ4v) is 1.38. The lowest BCUT2D eigenvalue weighted by atomic mass is 10.0. The first kappa shape index (κ1) is 12.0. The molecule has 0 spiro atoms. The highest BCUT2D eigenvalue weighted by atomic mass is 16.3. The molecule has 0 aliphatic heterocycles. The van der Waals surface area contributed by atoms with Gasteiger partial charge in [0.1, 0.15) is 5.82 Å².